The minimum Gasteiger partial charge on any atom is -0.316 e. The Kier molecular flexibility index (Phi) is 3.94. The molecule has 2 aliphatic rings. The molecule has 1 nitrogen and oxygen atoms in total. The van der Waals surface area contributed by atoms with E-state index in [4.69, 9.17) is 0 Å². The topological polar surface area (TPSA) is 12.0 Å². The van der Waals surface area contributed by atoms with Crippen molar-refractivity contribution in [2.45, 2.75) is 59.3 Å². The normalized spacial score (nSPS) is 36.4. The Morgan fingerprint density at radius 1 is 1.31 bits per heavy atom. The first kappa shape index (κ1) is 12.4. The van der Waals surface area contributed by atoms with E-state index in [1.165, 1.54) is 51.6 Å². The number of nitrogens with one attached hydrogen (secondary N) is 1. The second kappa shape index (κ2) is 5.08. The van der Waals surface area contributed by atoms with Gasteiger partial charge in [0, 0.05) is 0 Å². The Hall–Kier alpha value is -0.0400. The van der Waals surface area contributed by atoms with E-state index < -0.39 is 0 Å². The van der Waals surface area contributed by atoms with Crippen LogP contribution in [0.4, 0.5) is 0 Å². The van der Waals surface area contributed by atoms with Crippen molar-refractivity contribution in [1.82, 2.24) is 5.32 Å². The maximum Gasteiger partial charge on any atom is -0.00152 e. The second-order valence-electron chi connectivity index (χ2n) is 6.94. The standard InChI is InChI=1S/C15H29N/c1-12(2)9-14-11-16-8-7-15(14,3)10-13-5-4-6-13/h12-14,16H,4-11H2,1-3H3. The van der Waals surface area contributed by atoms with Gasteiger partial charge in [0.1, 0.15) is 0 Å². The third-order valence-electron chi connectivity index (χ3n) is 4.98. The van der Waals surface area contributed by atoms with Crippen molar-refractivity contribution in [3.8, 4) is 0 Å². The number of piperidine rings is 1. The van der Waals surface area contributed by atoms with Gasteiger partial charge in [-0.3, -0.25) is 0 Å². The first-order chi connectivity index (χ1) is 7.60. The second-order valence-corrected chi connectivity index (χ2v) is 6.94. The van der Waals surface area contributed by atoms with Crippen LogP contribution >= 0.6 is 0 Å². The highest BCUT2D eigenvalue weighted by Crippen LogP contribution is 2.46. The fourth-order valence-corrected chi connectivity index (χ4v) is 3.66. The van der Waals surface area contributed by atoms with E-state index >= 15 is 0 Å². The summed E-state index contributed by atoms with van der Waals surface area (Å²) >= 11 is 0. The van der Waals surface area contributed by atoms with E-state index in [2.05, 4.69) is 26.1 Å². The molecule has 16 heavy (non-hydrogen) atoms. The molecule has 0 amide bonds. The smallest absolute Gasteiger partial charge is 0.00152 e. The SMILES string of the molecule is CC(C)CC1CNCCC1(C)CC1CCC1. The van der Waals surface area contributed by atoms with Gasteiger partial charge in [-0.05, 0) is 55.5 Å². The molecule has 1 heteroatoms. The van der Waals surface area contributed by atoms with Crippen LogP contribution in [0.25, 0.3) is 0 Å². The first-order valence-corrected chi connectivity index (χ1v) is 7.31. The monoisotopic (exact) mass is 223 g/mol. The molecule has 1 N–H and O–H groups in total. The summed E-state index contributed by atoms with van der Waals surface area (Å²) < 4.78 is 0. The van der Waals surface area contributed by atoms with Crippen LogP contribution in [0.1, 0.15) is 59.3 Å². The van der Waals surface area contributed by atoms with E-state index in [0.29, 0.717) is 5.41 Å². The first-order valence-electron chi connectivity index (χ1n) is 7.31. The van der Waals surface area contributed by atoms with E-state index in [-0.39, 0.29) is 0 Å². The Morgan fingerprint density at radius 2 is 2.06 bits per heavy atom. The zero-order valence-corrected chi connectivity index (χ0v) is 11.4. The predicted molar refractivity (Wildman–Crippen MR) is 70.5 cm³/mol. The van der Waals surface area contributed by atoms with Crippen LogP contribution in [-0.2, 0) is 0 Å². The van der Waals surface area contributed by atoms with Crippen LogP contribution in [0, 0.1) is 23.2 Å². The molecule has 2 atom stereocenters. The molecule has 0 radical (unpaired) electrons. The zero-order chi connectivity index (χ0) is 11.6. The van der Waals surface area contributed by atoms with Gasteiger partial charge in [0.05, 0.1) is 0 Å². The predicted octanol–water partition coefficient (Wildman–Crippen LogP) is 3.84. The third-order valence-corrected chi connectivity index (χ3v) is 4.98. The van der Waals surface area contributed by atoms with Gasteiger partial charge in [-0.1, -0.05) is 40.0 Å². The number of rotatable bonds is 4. The zero-order valence-electron chi connectivity index (χ0n) is 11.4. The van der Waals surface area contributed by atoms with Crippen molar-refractivity contribution in [3.05, 3.63) is 0 Å². The average Bonchev–Trinajstić information content (AvgIpc) is 2.15. The molecule has 0 aromatic carbocycles. The van der Waals surface area contributed by atoms with Crippen molar-refractivity contribution < 1.29 is 0 Å². The summed E-state index contributed by atoms with van der Waals surface area (Å²) in [5, 5.41) is 3.60. The molecule has 0 aromatic heterocycles. The van der Waals surface area contributed by atoms with E-state index in [9.17, 15) is 0 Å². The average molecular weight is 223 g/mol. The molecule has 1 saturated heterocycles. The summed E-state index contributed by atoms with van der Waals surface area (Å²) in [5.74, 6) is 2.84. The Balaban J connectivity index is 1.95. The van der Waals surface area contributed by atoms with Crippen molar-refractivity contribution in [1.29, 1.82) is 0 Å². The minimum atomic E-state index is 0.639. The summed E-state index contributed by atoms with van der Waals surface area (Å²) in [4.78, 5) is 0. The molecule has 1 saturated carbocycles. The molecule has 0 spiro atoms. The van der Waals surface area contributed by atoms with E-state index in [1.807, 2.05) is 0 Å². The van der Waals surface area contributed by atoms with Gasteiger partial charge < -0.3 is 5.32 Å². The fourth-order valence-electron chi connectivity index (χ4n) is 3.66. The summed E-state index contributed by atoms with van der Waals surface area (Å²) in [7, 11) is 0. The molecular weight excluding hydrogens is 194 g/mol. The number of hydrogen-bond acceptors (Lipinski definition) is 1. The lowest BCUT2D eigenvalue weighted by atomic mass is 9.62. The van der Waals surface area contributed by atoms with Gasteiger partial charge in [-0.15, -0.1) is 0 Å². The molecule has 94 valence electrons. The molecule has 1 aliphatic heterocycles. The lowest BCUT2D eigenvalue weighted by molar-refractivity contribution is 0.0599. The lowest BCUT2D eigenvalue weighted by Crippen LogP contribution is -2.45. The van der Waals surface area contributed by atoms with E-state index in [1.54, 1.807) is 0 Å². The highest BCUT2D eigenvalue weighted by molar-refractivity contribution is 4.91. The third kappa shape index (κ3) is 2.80. The van der Waals surface area contributed by atoms with Crippen LogP contribution in [-0.4, -0.2) is 13.1 Å². The molecule has 2 unspecified atom stereocenters. The summed E-state index contributed by atoms with van der Waals surface area (Å²) in [6, 6.07) is 0. The fraction of sp³-hybridized carbons (Fsp3) is 1.00. The summed E-state index contributed by atoms with van der Waals surface area (Å²) in [6.45, 7) is 9.83. The minimum absolute atomic E-state index is 0.639. The molecule has 0 aromatic rings. The van der Waals surface area contributed by atoms with Gasteiger partial charge in [0.15, 0.2) is 0 Å². The van der Waals surface area contributed by atoms with Crippen molar-refractivity contribution in [2.75, 3.05) is 13.1 Å². The van der Waals surface area contributed by atoms with Crippen molar-refractivity contribution in [2.24, 2.45) is 23.2 Å². The maximum absolute atomic E-state index is 3.60. The van der Waals surface area contributed by atoms with Gasteiger partial charge in [0.2, 0.25) is 0 Å². The van der Waals surface area contributed by atoms with Gasteiger partial charge in [-0.25, -0.2) is 0 Å². The van der Waals surface area contributed by atoms with Crippen LogP contribution in [0.5, 0.6) is 0 Å². The van der Waals surface area contributed by atoms with E-state index in [0.717, 1.165) is 17.8 Å². The Morgan fingerprint density at radius 3 is 2.62 bits per heavy atom. The molecular formula is C15H29N. The van der Waals surface area contributed by atoms with Crippen LogP contribution < -0.4 is 5.32 Å². The summed E-state index contributed by atoms with van der Waals surface area (Å²) in [5.41, 5.74) is 0.639. The molecule has 0 bridgehead atoms. The van der Waals surface area contributed by atoms with Crippen LogP contribution in [0.2, 0.25) is 0 Å². The highest BCUT2D eigenvalue weighted by Gasteiger charge is 2.39. The van der Waals surface area contributed by atoms with Crippen LogP contribution in [0.15, 0.2) is 0 Å². The lowest BCUT2D eigenvalue weighted by Gasteiger charge is -2.46. The maximum atomic E-state index is 3.60. The Labute approximate surface area is 101 Å². The molecule has 2 fully saturated rings. The van der Waals surface area contributed by atoms with Gasteiger partial charge >= 0.3 is 0 Å². The summed E-state index contributed by atoms with van der Waals surface area (Å²) in [6.07, 6.45) is 8.84. The Bertz CT molecular complexity index is 219. The van der Waals surface area contributed by atoms with Crippen molar-refractivity contribution >= 4 is 0 Å². The van der Waals surface area contributed by atoms with Gasteiger partial charge in [-0.2, -0.15) is 0 Å². The number of hydrogen-bond donors (Lipinski definition) is 1. The molecule has 1 heterocycles. The van der Waals surface area contributed by atoms with Crippen LogP contribution in [0.3, 0.4) is 0 Å². The quantitative estimate of drug-likeness (QED) is 0.763. The largest absolute Gasteiger partial charge is 0.316 e. The molecule has 1 aliphatic carbocycles. The molecule has 2 rings (SSSR count). The van der Waals surface area contributed by atoms with Gasteiger partial charge in [0.25, 0.3) is 0 Å². The van der Waals surface area contributed by atoms with Crippen molar-refractivity contribution in [3.63, 3.8) is 0 Å². The highest BCUT2D eigenvalue weighted by atomic mass is 14.9.